The quantitative estimate of drug-likeness (QED) is 0.922. The summed E-state index contributed by atoms with van der Waals surface area (Å²) in [6.07, 6.45) is 0.755. The van der Waals surface area contributed by atoms with E-state index in [0.717, 1.165) is 32.2 Å². The van der Waals surface area contributed by atoms with Crippen LogP contribution in [0.1, 0.15) is 31.4 Å². The number of nitrogens with zero attached hydrogens (tertiary/aromatic N) is 1. The summed E-state index contributed by atoms with van der Waals surface area (Å²) in [5.41, 5.74) is 0.293. The zero-order chi connectivity index (χ0) is 14.5. The van der Waals surface area contributed by atoms with E-state index in [2.05, 4.69) is 4.90 Å². The van der Waals surface area contributed by atoms with E-state index in [0.29, 0.717) is 18.5 Å². The molecule has 2 unspecified atom stereocenters. The first-order valence-electron chi connectivity index (χ1n) is 7.02. The first-order valence-corrected chi connectivity index (χ1v) is 7.02. The van der Waals surface area contributed by atoms with E-state index >= 15 is 0 Å². The van der Waals surface area contributed by atoms with Gasteiger partial charge in [-0.3, -0.25) is 0 Å². The molecule has 2 atom stereocenters. The van der Waals surface area contributed by atoms with Crippen molar-refractivity contribution in [3.05, 3.63) is 35.4 Å². The second kappa shape index (κ2) is 7.11. The SMILES string of the molecule is CC1CN(CCC(O)c2cc(F)cc(F)c2)CCCO1. The van der Waals surface area contributed by atoms with Crippen LogP contribution in [0, 0.1) is 11.6 Å². The highest BCUT2D eigenvalue weighted by atomic mass is 19.1. The Hall–Kier alpha value is -1.04. The summed E-state index contributed by atoms with van der Waals surface area (Å²) in [6.45, 7) is 5.22. The Morgan fingerprint density at radius 3 is 2.75 bits per heavy atom. The van der Waals surface area contributed by atoms with Gasteiger partial charge in [-0.15, -0.1) is 0 Å². The molecule has 0 aliphatic carbocycles. The van der Waals surface area contributed by atoms with Gasteiger partial charge in [0.15, 0.2) is 0 Å². The Labute approximate surface area is 118 Å². The minimum Gasteiger partial charge on any atom is -0.388 e. The molecule has 1 N–H and O–H groups in total. The van der Waals surface area contributed by atoms with E-state index in [-0.39, 0.29) is 6.10 Å². The van der Waals surface area contributed by atoms with Gasteiger partial charge in [0.25, 0.3) is 0 Å². The summed E-state index contributed by atoms with van der Waals surface area (Å²) in [4.78, 5) is 2.22. The molecule has 5 heteroatoms. The van der Waals surface area contributed by atoms with Crippen molar-refractivity contribution in [2.24, 2.45) is 0 Å². The molecule has 1 heterocycles. The molecule has 1 aromatic carbocycles. The number of hydrogen-bond donors (Lipinski definition) is 1. The lowest BCUT2D eigenvalue weighted by Gasteiger charge is -2.23. The second-order valence-corrected chi connectivity index (χ2v) is 5.34. The molecule has 1 fully saturated rings. The summed E-state index contributed by atoms with van der Waals surface area (Å²) < 4.78 is 31.8. The third-order valence-corrected chi connectivity index (χ3v) is 3.52. The first-order chi connectivity index (χ1) is 9.54. The molecule has 112 valence electrons. The van der Waals surface area contributed by atoms with Crippen LogP contribution in [0.15, 0.2) is 18.2 Å². The van der Waals surface area contributed by atoms with Gasteiger partial charge in [-0.05, 0) is 37.5 Å². The normalized spacial score (nSPS) is 22.5. The van der Waals surface area contributed by atoms with Gasteiger partial charge in [0, 0.05) is 32.3 Å². The van der Waals surface area contributed by atoms with Crippen LogP contribution in [0.3, 0.4) is 0 Å². The molecule has 0 bridgehead atoms. The van der Waals surface area contributed by atoms with E-state index in [9.17, 15) is 13.9 Å². The number of aliphatic hydroxyl groups excluding tert-OH is 1. The highest BCUT2D eigenvalue weighted by molar-refractivity contribution is 5.20. The number of halogens is 2. The van der Waals surface area contributed by atoms with Crippen molar-refractivity contribution in [1.82, 2.24) is 4.90 Å². The molecule has 3 nitrogen and oxygen atoms in total. The first kappa shape index (κ1) is 15.4. The van der Waals surface area contributed by atoms with Gasteiger partial charge in [0.1, 0.15) is 11.6 Å². The van der Waals surface area contributed by atoms with Crippen LogP contribution < -0.4 is 0 Å². The molecule has 0 saturated carbocycles. The fourth-order valence-electron chi connectivity index (χ4n) is 2.52. The smallest absolute Gasteiger partial charge is 0.126 e. The van der Waals surface area contributed by atoms with Gasteiger partial charge in [0.2, 0.25) is 0 Å². The molecule has 1 saturated heterocycles. The van der Waals surface area contributed by atoms with Crippen LogP contribution in [-0.4, -0.2) is 42.4 Å². The van der Waals surface area contributed by atoms with Crippen molar-refractivity contribution in [3.8, 4) is 0 Å². The van der Waals surface area contributed by atoms with Crippen molar-refractivity contribution in [2.45, 2.75) is 32.0 Å². The lowest BCUT2D eigenvalue weighted by Crippen LogP contribution is -2.31. The maximum atomic E-state index is 13.1. The zero-order valence-corrected chi connectivity index (χ0v) is 11.7. The van der Waals surface area contributed by atoms with E-state index in [1.54, 1.807) is 0 Å². The van der Waals surface area contributed by atoms with Gasteiger partial charge in [0.05, 0.1) is 12.2 Å². The standard InChI is InChI=1S/C15H21F2NO2/c1-11-10-18(4-2-6-20-11)5-3-15(19)12-7-13(16)9-14(17)8-12/h7-9,11,15,19H,2-6,10H2,1H3. The van der Waals surface area contributed by atoms with E-state index < -0.39 is 17.7 Å². The summed E-state index contributed by atoms with van der Waals surface area (Å²) in [5, 5.41) is 10.0. The number of rotatable bonds is 4. The summed E-state index contributed by atoms with van der Waals surface area (Å²) in [6, 6.07) is 3.17. The van der Waals surface area contributed by atoms with Crippen LogP contribution in [0.2, 0.25) is 0 Å². The highest BCUT2D eigenvalue weighted by Crippen LogP contribution is 2.20. The topological polar surface area (TPSA) is 32.7 Å². The van der Waals surface area contributed by atoms with Crippen molar-refractivity contribution < 1.29 is 18.6 Å². The number of aliphatic hydroxyl groups is 1. The molecule has 20 heavy (non-hydrogen) atoms. The van der Waals surface area contributed by atoms with Crippen molar-refractivity contribution in [3.63, 3.8) is 0 Å². The van der Waals surface area contributed by atoms with E-state index in [4.69, 9.17) is 4.74 Å². The minimum atomic E-state index is -0.848. The fraction of sp³-hybridized carbons (Fsp3) is 0.600. The maximum Gasteiger partial charge on any atom is 0.126 e. The largest absolute Gasteiger partial charge is 0.388 e. The molecule has 2 rings (SSSR count). The summed E-state index contributed by atoms with van der Waals surface area (Å²) in [5.74, 6) is -1.31. The number of benzene rings is 1. The van der Waals surface area contributed by atoms with Gasteiger partial charge in [-0.2, -0.15) is 0 Å². The predicted octanol–water partition coefficient (Wildman–Crippen LogP) is 2.50. The number of ether oxygens (including phenoxy) is 1. The molecule has 0 radical (unpaired) electrons. The predicted molar refractivity (Wildman–Crippen MR) is 72.4 cm³/mol. The average Bonchev–Trinajstić information content (AvgIpc) is 2.59. The van der Waals surface area contributed by atoms with E-state index in [1.165, 1.54) is 12.1 Å². The average molecular weight is 285 g/mol. The van der Waals surface area contributed by atoms with Gasteiger partial charge >= 0.3 is 0 Å². The van der Waals surface area contributed by atoms with Crippen LogP contribution in [0.25, 0.3) is 0 Å². The van der Waals surface area contributed by atoms with Crippen LogP contribution >= 0.6 is 0 Å². The molecule has 0 aromatic heterocycles. The Morgan fingerprint density at radius 2 is 2.05 bits per heavy atom. The summed E-state index contributed by atoms with van der Waals surface area (Å²) >= 11 is 0. The molecule has 0 spiro atoms. The molecule has 1 aliphatic heterocycles. The molecule has 0 amide bonds. The van der Waals surface area contributed by atoms with Crippen LogP contribution in [0.5, 0.6) is 0 Å². The van der Waals surface area contributed by atoms with Gasteiger partial charge in [-0.1, -0.05) is 0 Å². The molecular weight excluding hydrogens is 264 g/mol. The highest BCUT2D eigenvalue weighted by Gasteiger charge is 2.17. The Balaban J connectivity index is 1.89. The van der Waals surface area contributed by atoms with Gasteiger partial charge < -0.3 is 14.7 Å². The van der Waals surface area contributed by atoms with Crippen molar-refractivity contribution in [2.75, 3.05) is 26.2 Å². The summed E-state index contributed by atoms with van der Waals surface area (Å²) in [7, 11) is 0. The van der Waals surface area contributed by atoms with Crippen molar-refractivity contribution >= 4 is 0 Å². The zero-order valence-electron chi connectivity index (χ0n) is 11.7. The molecule has 1 aliphatic rings. The maximum absolute atomic E-state index is 13.1. The van der Waals surface area contributed by atoms with Crippen LogP contribution in [-0.2, 0) is 4.74 Å². The molecular formula is C15H21F2NO2. The lowest BCUT2D eigenvalue weighted by atomic mass is 10.1. The third-order valence-electron chi connectivity index (χ3n) is 3.52. The monoisotopic (exact) mass is 285 g/mol. The van der Waals surface area contributed by atoms with Crippen molar-refractivity contribution in [1.29, 1.82) is 0 Å². The van der Waals surface area contributed by atoms with Crippen LogP contribution in [0.4, 0.5) is 8.78 Å². The minimum absolute atomic E-state index is 0.182. The Bertz CT molecular complexity index is 422. The van der Waals surface area contributed by atoms with Gasteiger partial charge in [-0.25, -0.2) is 8.78 Å². The Kier molecular flexibility index (Phi) is 5.46. The second-order valence-electron chi connectivity index (χ2n) is 5.34. The fourth-order valence-corrected chi connectivity index (χ4v) is 2.52. The Morgan fingerprint density at radius 1 is 1.35 bits per heavy atom. The lowest BCUT2D eigenvalue weighted by molar-refractivity contribution is 0.0644. The third kappa shape index (κ3) is 4.51. The number of hydrogen-bond acceptors (Lipinski definition) is 3. The van der Waals surface area contributed by atoms with E-state index in [1.807, 2.05) is 6.92 Å². The molecule has 1 aromatic rings.